The molecule has 0 saturated heterocycles. The highest BCUT2D eigenvalue weighted by molar-refractivity contribution is 9.10. The second-order valence-corrected chi connectivity index (χ2v) is 4.42. The van der Waals surface area contributed by atoms with Crippen LogP contribution in [0.3, 0.4) is 0 Å². The van der Waals surface area contributed by atoms with E-state index in [1.54, 1.807) is 17.8 Å². The van der Waals surface area contributed by atoms with Gasteiger partial charge in [0, 0.05) is 9.37 Å². The molecule has 0 bridgehead atoms. The molecular formula is C7H5BrCl2S. The number of thioether (sulfide) groups is 1. The van der Waals surface area contributed by atoms with Crippen LogP contribution >= 0.6 is 50.9 Å². The molecule has 1 aromatic rings. The molecule has 0 aliphatic rings. The summed E-state index contributed by atoms with van der Waals surface area (Å²) in [6.45, 7) is 0. The lowest BCUT2D eigenvalue weighted by molar-refractivity contribution is 1.44. The van der Waals surface area contributed by atoms with Crippen molar-refractivity contribution in [2.45, 2.75) is 4.90 Å². The quantitative estimate of drug-likeness (QED) is 0.536. The summed E-state index contributed by atoms with van der Waals surface area (Å²) in [5.41, 5.74) is 0. The summed E-state index contributed by atoms with van der Waals surface area (Å²) in [6, 6.07) is 3.65. The van der Waals surface area contributed by atoms with E-state index >= 15 is 0 Å². The molecule has 0 heterocycles. The molecule has 1 aromatic carbocycles. The highest BCUT2D eigenvalue weighted by Gasteiger charge is 2.03. The Kier molecular flexibility index (Phi) is 3.56. The van der Waals surface area contributed by atoms with Gasteiger partial charge >= 0.3 is 0 Å². The molecule has 60 valence electrons. The zero-order chi connectivity index (χ0) is 8.43. The van der Waals surface area contributed by atoms with Gasteiger partial charge in [-0.2, -0.15) is 0 Å². The Hall–Kier alpha value is 0.630. The van der Waals surface area contributed by atoms with Crippen LogP contribution in [0, 0.1) is 0 Å². The molecule has 0 spiro atoms. The lowest BCUT2D eigenvalue weighted by Gasteiger charge is -2.02. The van der Waals surface area contributed by atoms with E-state index in [0.29, 0.717) is 10.0 Å². The van der Waals surface area contributed by atoms with E-state index in [0.717, 1.165) is 9.37 Å². The largest absolute Gasteiger partial charge is 0.128 e. The molecule has 0 radical (unpaired) electrons. The van der Waals surface area contributed by atoms with Crippen LogP contribution in [-0.4, -0.2) is 6.26 Å². The van der Waals surface area contributed by atoms with Crippen molar-refractivity contribution in [2.24, 2.45) is 0 Å². The van der Waals surface area contributed by atoms with Gasteiger partial charge in [0.2, 0.25) is 0 Å². The van der Waals surface area contributed by atoms with Crippen LogP contribution in [0.1, 0.15) is 0 Å². The third-order valence-corrected chi connectivity index (χ3v) is 3.59. The summed E-state index contributed by atoms with van der Waals surface area (Å²) in [6.07, 6.45) is 1.97. The third kappa shape index (κ3) is 2.28. The first kappa shape index (κ1) is 9.72. The molecule has 4 heteroatoms. The van der Waals surface area contributed by atoms with Gasteiger partial charge in [0.15, 0.2) is 0 Å². The van der Waals surface area contributed by atoms with Crippen molar-refractivity contribution in [3.63, 3.8) is 0 Å². The lowest BCUT2D eigenvalue weighted by Crippen LogP contribution is -1.75. The first-order valence-electron chi connectivity index (χ1n) is 2.83. The minimum atomic E-state index is 0.646. The Morgan fingerprint density at radius 1 is 1.27 bits per heavy atom. The summed E-state index contributed by atoms with van der Waals surface area (Å²) in [4.78, 5) is 1.03. The minimum Gasteiger partial charge on any atom is -0.128 e. The van der Waals surface area contributed by atoms with Gasteiger partial charge in [-0.1, -0.05) is 23.2 Å². The molecule has 0 N–H and O–H groups in total. The molecular weight excluding hydrogens is 267 g/mol. The average molecular weight is 272 g/mol. The van der Waals surface area contributed by atoms with Crippen molar-refractivity contribution in [2.75, 3.05) is 6.26 Å². The normalized spacial score (nSPS) is 10.2. The summed E-state index contributed by atoms with van der Waals surface area (Å²) in [7, 11) is 0. The molecule has 0 fully saturated rings. The molecule has 0 saturated carbocycles. The molecule has 11 heavy (non-hydrogen) atoms. The Balaban J connectivity index is 3.21. The van der Waals surface area contributed by atoms with Gasteiger partial charge < -0.3 is 0 Å². The number of hydrogen-bond donors (Lipinski definition) is 0. The predicted molar refractivity (Wildman–Crippen MR) is 55.9 cm³/mol. The SMILES string of the molecule is CSc1cc(Br)c(Cl)cc1Cl. The van der Waals surface area contributed by atoms with Crippen LogP contribution in [0.25, 0.3) is 0 Å². The molecule has 0 amide bonds. The maximum absolute atomic E-state index is 5.88. The van der Waals surface area contributed by atoms with E-state index in [4.69, 9.17) is 23.2 Å². The van der Waals surface area contributed by atoms with E-state index < -0.39 is 0 Å². The zero-order valence-corrected chi connectivity index (χ0v) is 9.61. The zero-order valence-electron chi connectivity index (χ0n) is 5.70. The monoisotopic (exact) mass is 270 g/mol. The van der Waals surface area contributed by atoms with Crippen molar-refractivity contribution >= 4 is 50.9 Å². The standard InChI is InChI=1S/C7H5BrCl2S/c1-11-7-2-4(8)5(9)3-6(7)10/h2-3H,1H3. The molecule has 0 aliphatic carbocycles. The van der Waals surface area contributed by atoms with E-state index in [-0.39, 0.29) is 0 Å². The molecule has 0 atom stereocenters. The third-order valence-electron chi connectivity index (χ3n) is 1.19. The predicted octanol–water partition coefficient (Wildman–Crippen LogP) is 4.48. The number of hydrogen-bond acceptors (Lipinski definition) is 1. The van der Waals surface area contributed by atoms with E-state index in [9.17, 15) is 0 Å². The van der Waals surface area contributed by atoms with Crippen LogP contribution in [0.4, 0.5) is 0 Å². The van der Waals surface area contributed by atoms with Gasteiger partial charge in [-0.25, -0.2) is 0 Å². The first-order valence-corrected chi connectivity index (χ1v) is 5.61. The summed E-state index contributed by atoms with van der Waals surface area (Å²) in [5, 5.41) is 1.35. The van der Waals surface area contributed by atoms with Crippen LogP contribution in [-0.2, 0) is 0 Å². The maximum Gasteiger partial charge on any atom is 0.0563 e. The van der Waals surface area contributed by atoms with Gasteiger partial charge in [-0.05, 0) is 34.3 Å². The van der Waals surface area contributed by atoms with Crippen LogP contribution in [0.15, 0.2) is 21.5 Å². The summed E-state index contributed by atoms with van der Waals surface area (Å²) >= 11 is 16.6. The molecule has 0 aromatic heterocycles. The Morgan fingerprint density at radius 3 is 2.45 bits per heavy atom. The Morgan fingerprint density at radius 2 is 1.91 bits per heavy atom. The molecule has 1 rings (SSSR count). The maximum atomic E-state index is 5.88. The van der Waals surface area contributed by atoms with Crippen LogP contribution < -0.4 is 0 Å². The molecule has 0 nitrogen and oxygen atoms in total. The average Bonchev–Trinajstić information content (AvgIpc) is 1.97. The number of halogens is 3. The van der Waals surface area contributed by atoms with Crippen LogP contribution in [0.5, 0.6) is 0 Å². The summed E-state index contributed by atoms with van der Waals surface area (Å²) in [5.74, 6) is 0. The van der Waals surface area contributed by atoms with E-state index in [1.165, 1.54) is 0 Å². The molecule has 0 aliphatic heterocycles. The Labute approximate surface area is 88.4 Å². The van der Waals surface area contributed by atoms with Gasteiger partial charge in [-0.15, -0.1) is 11.8 Å². The fraction of sp³-hybridized carbons (Fsp3) is 0.143. The van der Waals surface area contributed by atoms with Crippen molar-refractivity contribution in [3.05, 3.63) is 26.7 Å². The van der Waals surface area contributed by atoms with E-state index in [1.807, 2.05) is 12.3 Å². The highest BCUT2D eigenvalue weighted by atomic mass is 79.9. The summed E-state index contributed by atoms with van der Waals surface area (Å²) < 4.78 is 0.882. The van der Waals surface area contributed by atoms with Crippen molar-refractivity contribution < 1.29 is 0 Å². The second kappa shape index (κ2) is 4.04. The fourth-order valence-corrected chi connectivity index (χ4v) is 2.26. The van der Waals surface area contributed by atoms with Crippen LogP contribution in [0.2, 0.25) is 10.0 Å². The van der Waals surface area contributed by atoms with Gasteiger partial charge in [-0.3, -0.25) is 0 Å². The van der Waals surface area contributed by atoms with E-state index in [2.05, 4.69) is 15.9 Å². The van der Waals surface area contributed by atoms with Crippen molar-refractivity contribution in [1.82, 2.24) is 0 Å². The second-order valence-electron chi connectivity index (χ2n) is 1.90. The number of rotatable bonds is 1. The van der Waals surface area contributed by atoms with Gasteiger partial charge in [0.1, 0.15) is 0 Å². The lowest BCUT2D eigenvalue weighted by atomic mass is 10.4. The highest BCUT2D eigenvalue weighted by Crippen LogP contribution is 2.33. The van der Waals surface area contributed by atoms with Gasteiger partial charge in [0.05, 0.1) is 10.0 Å². The Bertz CT molecular complexity index is 275. The minimum absolute atomic E-state index is 0.646. The topological polar surface area (TPSA) is 0 Å². The smallest absolute Gasteiger partial charge is 0.0563 e. The molecule has 0 unspecified atom stereocenters. The fourth-order valence-electron chi connectivity index (χ4n) is 0.661. The van der Waals surface area contributed by atoms with Crippen molar-refractivity contribution in [3.8, 4) is 0 Å². The van der Waals surface area contributed by atoms with Gasteiger partial charge in [0.25, 0.3) is 0 Å². The van der Waals surface area contributed by atoms with Crippen molar-refractivity contribution in [1.29, 1.82) is 0 Å². The first-order chi connectivity index (χ1) is 5.15. The number of benzene rings is 1.